The summed E-state index contributed by atoms with van der Waals surface area (Å²) in [7, 11) is -2.86. The van der Waals surface area contributed by atoms with Crippen LogP contribution in [0.5, 0.6) is 0 Å². The van der Waals surface area contributed by atoms with Crippen molar-refractivity contribution in [1.82, 2.24) is 10.6 Å². The summed E-state index contributed by atoms with van der Waals surface area (Å²) in [6.45, 7) is 3.06. The molecule has 1 aliphatic rings. The van der Waals surface area contributed by atoms with Gasteiger partial charge in [-0.3, -0.25) is 4.79 Å². The van der Waals surface area contributed by atoms with Gasteiger partial charge in [0.1, 0.15) is 0 Å². The predicted molar refractivity (Wildman–Crippen MR) is 82.7 cm³/mol. The van der Waals surface area contributed by atoms with Crippen LogP contribution in [0.4, 0.5) is 0 Å². The molecule has 21 heavy (non-hydrogen) atoms. The van der Waals surface area contributed by atoms with Gasteiger partial charge in [0, 0.05) is 25.6 Å². The molecule has 1 aromatic rings. The van der Waals surface area contributed by atoms with Gasteiger partial charge >= 0.3 is 0 Å². The number of nitrogens with one attached hydrogen (secondary N) is 2. The lowest BCUT2D eigenvalue weighted by atomic mass is 10.1. The van der Waals surface area contributed by atoms with E-state index in [1.807, 2.05) is 31.2 Å². The van der Waals surface area contributed by atoms with Crippen LogP contribution < -0.4 is 10.6 Å². The molecule has 1 aliphatic heterocycles. The second-order valence-electron chi connectivity index (χ2n) is 5.57. The largest absolute Gasteiger partial charge is 0.352 e. The third kappa shape index (κ3) is 5.47. The topological polar surface area (TPSA) is 75.3 Å². The summed E-state index contributed by atoms with van der Waals surface area (Å²) in [6, 6.07) is 8.03. The van der Waals surface area contributed by atoms with Gasteiger partial charge in [0.25, 0.3) is 0 Å². The van der Waals surface area contributed by atoms with Gasteiger partial charge < -0.3 is 10.6 Å². The first-order valence-corrected chi connectivity index (χ1v) is 9.03. The zero-order valence-corrected chi connectivity index (χ0v) is 13.1. The standard InChI is InChI=1S/C15H22N2O3S/c1-12-2-4-13(5-3-12)10-17-15(18)6-8-16-14-7-9-21(19,20)11-14/h2-5,14,16H,6-11H2,1H3,(H,17,18). The van der Waals surface area contributed by atoms with Crippen molar-refractivity contribution >= 4 is 15.7 Å². The lowest BCUT2D eigenvalue weighted by molar-refractivity contribution is -0.121. The number of carbonyl (C=O) groups excluding carboxylic acids is 1. The summed E-state index contributed by atoms with van der Waals surface area (Å²) >= 11 is 0. The highest BCUT2D eigenvalue weighted by molar-refractivity contribution is 7.91. The van der Waals surface area contributed by atoms with Crippen LogP contribution in [0.3, 0.4) is 0 Å². The number of hydrogen-bond acceptors (Lipinski definition) is 4. The Bertz CT molecular complexity index is 581. The molecule has 0 radical (unpaired) electrons. The minimum absolute atomic E-state index is 0.0000939. The van der Waals surface area contributed by atoms with Crippen molar-refractivity contribution in [1.29, 1.82) is 0 Å². The second-order valence-corrected chi connectivity index (χ2v) is 7.80. The van der Waals surface area contributed by atoms with Gasteiger partial charge in [-0.25, -0.2) is 8.42 Å². The van der Waals surface area contributed by atoms with Crippen LogP contribution in [0.25, 0.3) is 0 Å². The van der Waals surface area contributed by atoms with E-state index in [2.05, 4.69) is 10.6 Å². The third-order valence-corrected chi connectivity index (χ3v) is 5.40. The molecule has 0 spiro atoms. The molecule has 0 aliphatic carbocycles. The molecule has 1 fully saturated rings. The number of rotatable bonds is 6. The highest BCUT2D eigenvalue weighted by Crippen LogP contribution is 2.10. The van der Waals surface area contributed by atoms with E-state index in [9.17, 15) is 13.2 Å². The maximum absolute atomic E-state index is 11.7. The predicted octanol–water partition coefficient (Wildman–Crippen LogP) is 0.778. The van der Waals surface area contributed by atoms with Crippen molar-refractivity contribution in [3.8, 4) is 0 Å². The molecular formula is C15H22N2O3S. The minimum atomic E-state index is -2.86. The molecule has 1 aromatic carbocycles. The van der Waals surface area contributed by atoms with E-state index in [1.54, 1.807) is 0 Å². The maximum atomic E-state index is 11.7. The monoisotopic (exact) mass is 310 g/mol. The molecule has 2 rings (SSSR count). The van der Waals surface area contributed by atoms with Crippen molar-refractivity contribution in [2.24, 2.45) is 0 Å². The first kappa shape index (κ1) is 16.0. The summed E-state index contributed by atoms with van der Waals surface area (Å²) in [4.78, 5) is 11.7. The molecule has 1 saturated heterocycles. The van der Waals surface area contributed by atoms with Crippen LogP contribution >= 0.6 is 0 Å². The van der Waals surface area contributed by atoms with Gasteiger partial charge in [-0.05, 0) is 18.9 Å². The Hall–Kier alpha value is -1.40. The van der Waals surface area contributed by atoms with Crippen molar-refractivity contribution < 1.29 is 13.2 Å². The number of aryl methyl sites for hydroxylation is 1. The summed E-state index contributed by atoms with van der Waals surface area (Å²) < 4.78 is 22.6. The molecule has 1 atom stereocenters. The van der Waals surface area contributed by atoms with Crippen LogP contribution in [0.1, 0.15) is 24.0 Å². The molecule has 0 aromatic heterocycles. The van der Waals surface area contributed by atoms with Crippen molar-refractivity contribution in [2.45, 2.75) is 32.4 Å². The Morgan fingerprint density at radius 2 is 2.00 bits per heavy atom. The van der Waals surface area contributed by atoms with Crippen LogP contribution in [0.2, 0.25) is 0 Å². The minimum Gasteiger partial charge on any atom is -0.352 e. The van der Waals surface area contributed by atoms with Gasteiger partial charge in [0.05, 0.1) is 11.5 Å². The fourth-order valence-corrected chi connectivity index (χ4v) is 4.05. The van der Waals surface area contributed by atoms with Crippen molar-refractivity contribution in [2.75, 3.05) is 18.1 Å². The molecule has 1 amide bonds. The summed E-state index contributed by atoms with van der Waals surface area (Å²) in [5.74, 6) is 0.423. The zero-order valence-electron chi connectivity index (χ0n) is 12.3. The summed E-state index contributed by atoms with van der Waals surface area (Å²) in [6.07, 6.45) is 1.01. The van der Waals surface area contributed by atoms with E-state index in [4.69, 9.17) is 0 Å². The molecular weight excluding hydrogens is 288 g/mol. The Balaban J connectivity index is 1.63. The van der Waals surface area contributed by atoms with E-state index in [0.29, 0.717) is 25.9 Å². The van der Waals surface area contributed by atoms with E-state index in [1.165, 1.54) is 5.56 Å². The third-order valence-electron chi connectivity index (χ3n) is 3.63. The number of sulfone groups is 1. The molecule has 5 nitrogen and oxygen atoms in total. The van der Waals surface area contributed by atoms with E-state index >= 15 is 0 Å². The number of carbonyl (C=O) groups is 1. The Morgan fingerprint density at radius 1 is 1.29 bits per heavy atom. The number of hydrogen-bond donors (Lipinski definition) is 2. The number of amides is 1. The van der Waals surface area contributed by atoms with Gasteiger partial charge in [0.15, 0.2) is 9.84 Å². The first-order chi connectivity index (χ1) is 9.94. The molecule has 116 valence electrons. The van der Waals surface area contributed by atoms with Gasteiger partial charge in [-0.1, -0.05) is 29.8 Å². The lowest BCUT2D eigenvalue weighted by Crippen LogP contribution is -2.34. The van der Waals surface area contributed by atoms with Crippen LogP contribution in [-0.4, -0.2) is 38.4 Å². The molecule has 1 heterocycles. The molecule has 0 bridgehead atoms. The first-order valence-electron chi connectivity index (χ1n) is 7.21. The lowest BCUT2D eigenvalue weighted by Gasteiger charge is -2.10. The second kappa shape index (κ2) is 7.04. The Labute approximate surface area is 126 Å². The van der Waals surface area contributed by atoms with Gasteiger partial charge in [-0.15, -0.1) is 0 Å². The van der Waals surface area contributed by atoms with Crippen molar-refractivity contribution in [3.63, 3.8) is 0 Å². The Kier molecular flexibility index (Phi) is 5.36. The fourth-order valence-electron chi connectivity index (χ4n) is 2.34. The summed E-state index contributed by atoms with van der Waals surface area (Å²) in [5.41, 5.74) is 2.27. The van der Waals surface area contributed by atoms with Crippen LogP contribution in [0, 0.1) is 6.92 Å². The van der Waals surface area contributed by atoms with E-state index < -0.39 is 9.84 Å². The van der Waals surface area contributed by atoms with E-state index in [-0.39, 0.29) is 23.5 Å². The smallest absolute Gasteiger partial charge is 0.221 e. The highest BCUT2D eigenvalue weighted by Gasteiger charge is 2.27. The molecule has 6 heteroatoms. The SMILES string of the molecule is Cc1ccc(CNC(=O)CCNC2CCS(=O)(=O)C2)cc1. The van der Waals surface area contributed by atoms with Gasteiger partial charge in [-0.2, -0.15) is 0 Å². The van der Waals surface area contributed by atoms with E-state index in [0.717, 1.165) is 5.56 Å². The molecule has 1 unspecified atom stereocenters. The molecule has 2 N–H and O–H groups in total. The quantitative estimate of drug-likeness (QED) is 0.814. The van der Waals surface area contributed by atoms with Crippen LogP contribution in [-0.2, 0) is 21.2 Å². The average Bonchev–Trinajstić information content (AvgIpc) is 2.78. The normalized spacial score (nSPS) is 20.3. The average molecular weight is 310 g/mol. The summed E-state index contributed by atoms with van der Waals surface area (Å²) in [5, 5.41) is 6.00. The van der Waals surface area contributed by atoms with Gasteiger partial charge in [0.2, 0.25) is 5.91 Å². The Morgan fingerprint density at radius 3 is 2.62 bits per heavy atom. The maximum Gasteiger partial charge on any atom is 0.221 e. The fraction of sp³-hybridized carbons (Fsp3) is 0.533. The highest BCUT2D eigenvalue weighted by atomic mass is 32.2. The van der Waals surface area contributed by atoms with Crippen LogP contribution in [0.15, 0.2) is 24.3 Å². The number of benzene rings is 1. The van der Waals surface area contributed by atoms with Crippen molar-refractivity contribution in [3.05, 3.63) is 35.4 Å². The zero-order chi connectivity index (χ0) is 15.3. The molecule has 0 saturated carbocycles.